The molecule has 0 radical (unpaired) electrons. The Bertz CT molecular complexity index is 393. The highest BCUT2D eigenvalue weighted by Crippen LogP contribution is 2.27. The van der Waals surface area contributed by atoms with Crippen molar-refractivity contribution in [2.24, 2.45) is 0 Å². The zero-order chi connectivity index (χ0) is 12.1. The first-order valence-electron chi connectivity index (χ1n) is 6.14. The van der Waals surface area contributed by atoms with Gasteiger partial charge in [-0.2, -0.15) is 0 Å². The Labute approximate surface area is 101 Å². The van der Waals surface area contributed by atoms with E-state index in [4.69, 9.17) is 4.74 Å². The van der Waals surface area contributed by atoms with Gasteiger partial charge in [-0.3, -0.25) is 15.1 Å². The molecule has 0 amide bonds. The van der Waals surface area contributed by atoms with E-state index < -0.39 is 0 Å². The molecular formula is C13H18N2O2. The minimum absolute atomic E-state index is 0.185. The second-order valence-corrected chi connectivity index (χ2v) is 4.18. The fraction of sp³-hybridized carbons (Fsp3) is 0.538. The van der Waals surface area contributed by atoms with Crippen molar-refractivity contribution in [3.8, 4) is 0 Å². The molecule has 1 N–H and O–H groups in total. The molecule has 1 aromatic rings. The van der Waals surface area contributed by atoms with Crippen LogP contribution in [0.4, 0.5) is 0 Å². The lowest BCUT2D eigenvalue weighted by Gasteiger charge is -2.24. The van der Waals surface area contributed by atoms with Gasteiger partial charge in [-0.05, 0) is 37.8 Å². The van der Waals surface area contributed by atoms with Gasteiger partial charge in [-0.1, -0.05) is 6.07 Å². The largest absolute Gasteiger partial charge is 0.465 e. The van der Waals surface area contributed by atoms with Crippen LogP contribution in [0.15, 0.2) is 18.3 Å². The number of hydrogen-bond donors (Lipinski definition) is 1. The Hall–Kier alpha value is -1.42. The predicted molar refractivity (Wildman–Crippen MR) is 64.6 cm³/mol. The lowest BCUT2D eigenvalue weighted by atomic mass is 9.92. The molecule has 17 heavy (non-hydrogen) atoms. The molecule has 0 saturated heterocycles. The fourth-order valence-electron chi connectivity index (χ4n) is 2.23. The predicted octanol–water partition coefficient (Wildman–Crippen LogP) is 1.61. The van der Waals surface area contributed by atoms with Crippen LogP contribution < -0.4 is 5.32 Å². The number of aryl methyl sites for hydroxylation is 1. The van der Waals surface area contributed by atoms with Crippen molar-refractivity contribution in [1.82, 2.24) is 10.3 Å². The third-order valence-electron chi connectivity index (χ3n) is 2.99. The summed E-state index contributed by atoms with van der Waals surface area (Å²) in [6.07, 6.45) is 5.06. The van der Waals surface area contributed by atoms with Gasteiger partial charge in [-0.25, -0.2) is 0 Å². The van der Waals surface area contributed by atoms with Crippen molar-refractivity contribution in [3.05, 3.63) is 29.6 Å². The molecule has 0 fully saturated rings. The normalized spacial score (nSPS) is 18.5. The number of pyridine rings is 1. The highest BCUT2D eigenvalue weighted by atomic mass is 16.5. The lowest BCUT2D eigenvalue weighted by Crippen LogP contribution is -2.31. The number of nitrogens with zero attached hydrogens (tertiary/aromatic N) is 1. The molecule has 2 rings (SSSR count). The quantitative estimate of drug-likeness (QED) is 0.804. The summed E-state index contributed by atoms with van der Waals surface area (Å²) in [6, 6.07) is 4.26. The number of ether oxygens (including phenoxy) is 1. The third kappa shape index (κ3) is 3.03. The molecule has 1 aliphatic rings. The average molecular weight is 234 g/mol. The van der Waals surface area contributed by atoms with Crippen LogP contribution in [-0.4, -0.2) is 24.1 Å². The monoisotopic (exact) mass is 234 g/mol. The zero-order valence-corrected chi connectivity index (χ0v) is 10.1. The van der Waals surface area contributed by atoms with Gasteiger partial charge in [0.2, 0.25) is 0 Å². The first-order valence-corrected chi connectivity index (χ1v) is 6.14. The minimum Gasteiger partial charge on any atom is -0.465 e. The van der Waals surface area contributed by atoms with Crippen LogP contribution >= 0.6 is 0 Å². The van der Waals surface area contributed by atoms with Gasteiger partial charge in [0.25, 0.3) is 0 Å². The lowest BCUT2D eigenvalue weighted by molar-refractivity contribution is -0.142. The van der Waals surface area contributed by atoms with Gasteiger partial charge in [0.1, 0.15) is 0 Å². The third-order valence-corrected chi connectivity index (χ3v) is 2.99. The van der Waals surface area contributed by atoms with Crippen LogP contribution in [0.3, 0.4) is 0 Å². The number of nitrogens with one attached hydrogen (secondary N) is 1. The smallest absolute Gasteiger partial charge is 0.319 e. The molecular weight excluding hydrogens is 216 g/mol. The molecule has 0 bridgehead atoms. The maximum atomic E-state index is 11.3. The summed E-state index contributed by atoms with van der Waals surface area (Å²) < 4.78 is 4.90. The summed E-state index contributed by atoms with van der Waals surface area (Å²) in [5.41, 5.74) is 2.38. The van der Waals surface area contributed by atoms with Crippen LogP contribution in [-0.2, 0) is 16.0 Å². The molecule has 0 aromatic carbocycles. The van der Waals surface area contributed by atoms with Crippen molar-refractivity contribution < 1.29 is 9.53 Å². The van der Waals surface area contributed by atoms with E-state index in [0.717, 1.165) is 25.0 Å². The van der Waals surface area contributed by atoms with Crippen molar-refractivity contribution in [1.29, 1.82) is 0 Å². The molecule has 92 valence electrons. The highest BCUT2D eigenvalue weighted by molar-refractivity contribution is 5.71. The Morgan fingerprint density at radius 2 is 2.53 bits per heavy atom. The van der Waals surface area contributed by atoms with Crippen molar-refractivity contribution in [2.75, 3.05) is 13.2 Å². The van der Waals surface area contributed by atoms with Crippen LogP contribution in [0, 0.1) is 0 Å². The van der Waals surface area contributed by atoms with E-state index in [-0.39, 0.29) is 18.6 Å². The summed E-state index contributed by atoms with van der Waals surface area (Å²) in [7, 11) is 0. The van der Waals surface area contributed by atoms with Crippen molar-refractivity contribution >= 4 is 5.97 Å². The van der Waals surface area contributed by atoms with Crippen LogP contribution in [0.5, 0.6) is 0 Å². The molecule has 1 atom stereocenters. The van der Waals surface area contributed by atoms with E-state index in [2.05, 4.69) is 16.4 Å². The first kappa shape index (κ1) is 12.0. The van der Waals surface area contributed by atoms with Gasteiger partial charge in [-0.15, -0.1) is 0 Å². The summed E-state index contributed by atoms with van der Waals surface area (Å²) in [5, 5.41) is 3.23. The number of rotatable bonds is 4. The second kappa shape index (κ2) is 5.77. The second-order valence-electron chi connectivity index (χ2n) is 4.18. The molecule has 1 aliphatic carbocycles. The minimum atomic E-state index is -0.199. The van der Waals surface area contributed by atoms with E-state index in [1.807, 2.05) is 19.2 Å². The van der Waals surface area contributed by atoms with Gasteiger partial charge >= 0.3 is 5.97 Å². The molecule has 1 heterocycles. The van der Waals surface area contributed by atoms with E-state index in [0.29, 0.717) is 6.61 Å². The van der Waals surface area contributed by atoms with Gasteiger partial charge in [0.05, 0.1) is 24.9 Å². The number of hydrogen-bond acceptors (Lipinski definition) is 4. The van der Waals surface area contributed by atoms with Gasteiger partial charge in [0, 0.05) is 6.20 Å². The Morgan fingerprint density at radius 1 is 1.65 bits per heavy atom. The van der Waals surface area contributed by atoms with E-state index in [1.165, 1.54) is 5.56 Å². The van der Waals surface area contributed by atoms with Crippen LogP contribution in [0.25, 0.3) is 0 Å². The summed E-state index contributed by atoms with van der Waals surface area (Å²) in [5.74, 6) is -0.199. The maximum Gasteiger partial charge on any atom is 0.319 e. The molecule has 0 unspecified atom stereocenters. The van der Waals surface area contributed by atoms with Gasteiger partial charge < -0.3 is 4.74 Å². The number of esters is 1. The number of fused-ring (bicyclic) bond motifs is 1. The summed E-state index contributed by atoms with van der Waals surface area (Å²) >= 11 is 0. The van der Waals surface area contributed by atoms with Gasteiger partial charge in [0.15, 0.2) is 0 Å². The van der Waals surface area contributed by atoms with Crippen molar-refractivity contribution in [3.63, 3.8) is 0 Å². The Balaban J connectivity index is 1.97. The molecule has 4 heteroatoms. The molecule has 4 nitrogen and oxygen atoms in total. The van der Waals surface area contributed by atoms with E-state index >= 15 is 0 Å². The fourth-order valence-corrected chi connectivity index (χ4v) is 2.23. The maximum absolute atomic E-state index is 11.3. The van der Waals surface area contributed by atoms with Crippen LogP contribution in [0.2, 0.25) is 0 Å². The number of carbonyl (C=O) groups is 1. The average Bonchev–Trinajstić information content (AvgIpc) is 2.36. The highest BCUT2D eigenvalue weighted by Gasteiger charge is 2.21. The molecule has 1 aromatic heterocycles. The molecule has 0 aliphatic heterocycles. The summed E-state index contributed by atoms with van der Waals surface area (Å²) in [6.45, 7) is 2.50. The SMILES string of the molecule is CCOC(=O)CN[C@H]1CCCc2cccnc21. The zero-order valence-electron chi connectivity index (χ0n) is 10.1. The topological polar surface area (TPSA) is 51.2 Å². The number of carbonyl (C=O) groups excluding carboxylic acids is 1. The van der Waals surface area contributed by atoms with E-state index in [1.54, 1.807) is 0 Å². The molecule has 0 spiro atoms. The van der Waals surface area contributed by atoms with Crippen molar-refractivity contribution in [2.45, 2.75) is 32.2 Å². The first-order chi connectivity index (χ1) is 8.31. The Kier molecular flexibility index (Phi) is 4.09. The van der Waals surface area contributed by atoms with Crippen LogP contribution in [0.1, 0.15) is 37.1 Å². The standard InChI is InChI=1S/C13H18N2O2/c1-2-17-12(16)9-15-11-7-3-5-10-6-4-8-14-13(10)11/h4,6,8,11,15H,2-3,5,7,9H2,1H3/t11-/m0/s1. The number of aromatic nitrogens is 1. The summed E-state index contributed by atoms with van der Waals surface area (Å²) in [4.78, 5) is 15.7. The Morgan fingerprint density at radius 3 is 3.35 bits per heavy atom. The van der Waals surface area contributed by atoms with E-state index in [9.17, 15) is 4.79 Å². The molecule has 0 saturated carbocycles.